The lowest BCUT2D eigenvalue weighted by Gasteiger charge is -2.28. The van der Waals surface area contributed by atoms with E-state index in [1.807, 2.05) is 4.90 Å². The number of hydrogen-bond acceptors (Lipinski definition) is 5. The molecule has 1 aliphatic heterocycles. The predicted octanol–water partition coefficient (Wildman–Crippen LogP) is -0.713. The Morgan fingerprint density at radius 1 is 1.56 bits per heavy atom. The molecule has 0 bridgehead atoms. The van der Waals surface area contributed by atoms with Crippen LogP contribution in [0.5, 0.6) is 0 Å². The molecule has 0 aromatic carbocycles. The van der Waals surface area contributed by atoms with Gasteiger partial charge >= 0.3 is 5.97 Å². The largest absolute Gasteiger partial charge is 0.466 e. The molecular weight excluding hydrogens is 242 g/mol. The number of hydrogen-bond donors (Lipinski definition) is 2. The van der Waals surface area contributed by atoms with Crippen molar-refractivity contribution in [2.75, 3.05) is 26.5 Å². The third kappa shape index (κ3) is 5.43. The highest BCUT2D eigenvalue weighted by atomic mass is 16.7. The highest BCUT2D eigenvalue weighted by Gasteiger charge is 2.15. The summed E-state index contributed by atoms with van der Waals surface area (Å²) in [7, 11) is 0. The molecule has 1 fully saturated rings. The Balaban J connectivity index is 2.16. The van der Waals surface area contributed by atoms with Gasteiger partial charge in [0.2, 0.25) is 0 Å². The van der Waals surface area contributed by atoms with Crippen molar-refractivity contribution in [3.8, 4) is 0 Å². The first kappa shape index (κ1) is 14.2. The molecule has 1 aliphatic rings. The second kappa shape index (κ2) is 7.43. The number of nitrogens with one attached hydrogen (secondary N) is 2. The molecule has 1 saturated heterocycles. The van der Waals surface area contributed by atoms with E-state index in [0.29, 0.717) is 39.3 Å². The van der Waals surface area contributed by atoms with E-state index in [0.717, 1.165) is 0 Å². The van der Waals surface area contributed by atoms with Crippen LogP contribution in [0.4, 0.5) is 0 Å². The van der Waals surface area contributed by atoms with E-state index in [9.17, 15) is 14.9 Å². The molecule has 18 heavy (non-hydrogen) atoms. The normalized spacial score (nSPS) is 15.5. The zero-order valence-electron chi connectivity index (χ0n) is 10.2. The van der Waals surface area contributed by atoms with Crippen LogP contribution in [0.1, 0.15) is 19.8 Å². The van der Waals surface area contributed by atoms with Crippen LogP contribution >= 0.6 is 0 Å². The Morgan fingerprint density at radius 3 is 2.78 bits per heavy atom. The topological polar surface area (TPSA) is 109 Å². The second-order valence-electron chi connectivity index (χ2n) is 3.66. The van der Waals surface area contributed by atoms with E-state index in [2.05, 4.69) is 15.7 Å². The second-order valence-corrected chi connectivity index (χ2v) is 3.66. The zero-order valence-corrected chi connectivity index (χ0v) is 10.2. The number of carbonyl (C=O) groups is 1. The van der Waals surface area contributed by atoms with Gasteiger partial charge in [0.15, 0.2) is 5.03 Å². The molecule has 2 N–H and O–H groups in total. The van der Waals surface area contributed by atoms with Crippen molar-refractivity contribution < 1.29 is 14.6 Å². The van der Waals surface area contributed by atoms with Gasteiger partial charge in [-0.25, -0.2) is 10.1 Å². The number of guanidine groups is 1. The first-order chi connectivity index (χ1) is 8.61. The average Bonchev–Trinajstić information content (AvgIpc) is 2.31. The van der Waals surface area contributed by atoms with Gasteiger partial charge < -0.3 is 15.4 Å². The zero-order chi connectivity index (χ0) is 13.4. The number of nitro groups is 1. The van der Waals surface area contributed by atoms with Crippen LogP contribution in [0.15, 0.2) is 5.10 Å². The van der Waals surface area contributed by atoms with Crippen molar-refractivity contribution in [3.63, 3.8) is 0 Å². The van der Waals surface area contributed by atoms with E-state index in [4.69, 9.17) is 4.74 Å². The summed E-state index contributed by atoms with van der Waals surface area (Å²) >= 11 is 0. The molecule has 1 rings (SSSR count). The monoisotopic (exact) mass is 259 g/mol. The van der Waals surface area contributed by atoms with Crippen molar-refractivity contribution in [2.45, 2.75) is 19.8 Å². The number of ether oxygens (including phenoxy) is 1. The van der Waals surface area contributed by atoms with Crippen molar-refractivity contribution in [1.29, 1.82) is 0 Å². The number of carbonyl (C=O) groups excluding carboxylic acids is 1. The molecule has 0 atom stereocenters. The predicted molar refractivity (Wildman–Crippen MR) is 63.0 cm³/mol. The van der Waals surface area contributed by atoms with Crippen molar-refractivity contribution in [1.82, 2.24) is 15.5 Å². The summed E-state index contributed by atoms with van der Waals surface area (Å²) < 4.78 is 4.81. The van der Waals surface area contributed by atoms with E-state index in [1.54, 1.807) is 6.92 Å². The van der Waals surface area contributed by atoms with Crippen LogP contribution in [-0.4, -0.2) is 48.4 Å². The first-order valence-corrected chi connectivity index (χ1v) is 5.70. The van der Waals surface area contributed by atoms with Crippen molar-refractivity contribution in [3.05, 3.63) is 10.1 Å². The van der Waals surface area contributed by atoms with Gasteiger partial charge in [-0.3, -0.25) is 9.69 Å². The Hall–Kier alpha value is -1.90. The van der Waals surface area contributed by atoms with Crippen LogP contribution in [0.2, 0.25) is 0 Å². The molecule has 0 saturated carbocycles. The molecule has 0 aromatic heterocycles. The standard InChI is InChI=1S/C9H17N5O4/c1-2-18-8(15)4-3-5-13-6-10-9(11-7-13)12-14(16)17/h2-7H2,1H3,(H2,10,11,12). The Kier molecular flexibility index (Phi) is 5.85. The van der Waals surface area contributed by atoms with Gasteiger partial charge in [-0.15, -0.1) is 0 Å². The molecular formula is C9H17N5O4. The van der Waals surface area contributed by atoms with Gasteiger partial charge in [0.05, 0.1) is 19.9 Å². The van der Waals surface area contributed by atoms with Crippen LogP contribution in [0.3, 0.4) is 0 Å². The Bertz CT molecular complexity index is 323. The first-order valence-electron chi connectivity index (χ1n) is 5.70. The molecule has 0 unspecified atom stereocenters. The Labute approximate surface area is 104 Å². The van der Waals surface area contributed by atoms with E-state index < -0.39 is 5.03 Å². The number of rotatable bonds is 6. The molecule has 0 aromatic rings. The molecule has 0 aliphatic carbocycles. The van der Waals surface area contributed by atoms with Gasteiger partial charge in [-0.2, -0.15) is 0 Å². The maximum Gasteiger partial charge on any atom is 0.305 e. The molecule has 0 radical (unpaired) electrons. The highest BCUT2D eigenvalue weighted by molar-refractivity contribution is 5.79. The van der Waals surface area contributed by atoms with Gasteiger partial charge in [-0.1, -0.05) is 0 Å². The summed E-state index contributed by atoms with van der Waals surface area (Å²) in [4.78, 5) is 23.2. The number of hydrazone groups is 1. The SMILES string of the molecule is CCOC(=O)CCCN1CNC(=N[N+](=O)[O-])NC1. The van der Waals surface area contributed by atoms with E-state index in [-0.39, 0.29) is 11.9 Å². The van der Waals surface area contributed by atoms with Crippen molar-refractivity contribution >= 4 is 11.9 Å². The lowest BCUT2D eigenvalue weighted by Crippen LogP contribution is -2.55. The Morgan fingerprint density at radius 2 is 2.22 bits per heavy atom. The van der Waals surface area contributed by atoms with Gasteiger partial charge in [0.1, 0.15) is 5.10 Å². The van der Waals surface area contributed by atoms with Gasteiger partial charge in [0.25, 0.3) is 5.96 Å². The van der Waals surface area contributed by atoms with Crippen LogP contribution in [0.25, 0.3) is 0 Å². The van der Waals surface area contributed by atoms with Crippen LogP contribution < -0.4 is 10.6 Å². The summed E-state index contributed by atoms with van der Waals surface area (Å²) in [6, 6.07) is 0. The van der Waals surface area contributed by atoms with Crippen molar-refractivity contribution in [2.24, 2.45) is 5.10 Å². The van der Waals surface area contributed by atoms with Gasteiger partial charge in [0, 0.05) is 13.0 Å². The number of esters is 1. The maximum atomic E-state index is 11.1. The fraction of sp³-hybridized carbons (Fsp3) is 0.778. The van der Waals surface area contributed by atoms with Crippen LogP contribution in [0, 0.1) is 10.1 Å². The van der Waals surface area contributed by atoms with E-state index >= 15 is 0 Å². The molecule has 9 nitrogen and oxygen atoms in total. The molecule has 102 valence electrons. The third-order valence-electron chi connectivity index (χ3n) is 2.28. The maximum absolute atomic E-state index is 11.1. The summed E-state index contributed by atoms with van der Waals surface area (Å²) in [5.41, 5.74) is 0. The van der Waals surface area contributed by atoms with Gasteiger partial charge in [-0.05, 0) is 13.3 Å². The third-order valence-corrected chi connectivity index (χ3v) is 2.28. The number of nitrogens with zero attached hydrogens (tertiary/aromatic N) is 3. The summed E-state index contributed by atoms with van der Waals surface area (Å²) in [6.45, 7) is 3.79. The van der Waals surface area contributed by atoms with E-state index in [1.165, 1.54) is 0 Å². The smallest absolute Gasteiger partial charge is 0.305 e. The quantitative estimate of drug-likeness (QED) is 0.368. The van der Waals surface area contributed by atoms with Crippen LogP contribution in [-0.2, 0) is 9.53 Å². The summed E-state index contributed by atoms with van der Waals surface area (Å²) in [5, 5.41) is 18.0. The molecule has 0 spiro atoms. The fourth-order valence-electron chi connectivity index (χ4n) is 1.48. The minimum atomic E-state index is -0.758. The minimum absolute atomic E-state index is 0.154. The fourth-order valence-corrected chi connectivity index (χ4v) is 1.48. The lowest BCUT2D eigenvalue weighted by molar-refractivity contribution is -0.485. The molecule has 1 heterocycles. The molecule has 9 heteroatoms. The minimum Gasteiger partial charge on any atom is -0.466 e. The highest BCUT2D eigenvalue weighted by Crippen LogP contribution is 1.98. The average molecular weight is 259 g/mol. The summed E-state index contributed by atoms with van der Waals surface area (Å²) in [5.74, 6) is -0.0485. The molecule has 0 amide bonds. The summed E-state index contributed by atoms with van der Waals surface area (Å²) in [6.07, 6.45) is 1.06. The lowest BCUT2D eigenvalue weighted by atomic mass is 10.3.